The number of aromatic nitrogens is 1. The molecule has 1 aliphatic rings. The summed E-state index contributed by atoms with van der Waals surface area (Å²) in [5.74, 6) is -0.234. The van der Waals surface area contributed by atoms with Crippen molar-refractivity contribution in [1.82, 2.24) is 10.3 Å². The molecule has 0 spiro atoms. The summed E-state index contributed by atoms with van der Waals surface area (Å²) < 4.78 is 46.1. The molecule has 4 rings (SSSR count). The number of amides is 2. The van der Waals surface area contributed by atoms with Crippen LogP contribution in [0.2, 0.25) is 0 Å². The van der Waals surface area contributed by atoms with E-state index in [2.05, 4.69) is 15.6 Å². The minimum Gasteiger partial charge on any atom is -0.487 e. The molecule has 0 saturated carbocycles. The lowest BCUT2D eigenvalue weighted by Crippen LogP contribution is -2.43. The highest BCUT2D eigenvalue weighted by molar-refractivity contribution is 6.01. The molecule has 0 aliphatic carbocycles. The van der Waals surface area contributed by atoms with E-state index in [1.54, 1.807) is 50.5 Å². The average molecular weight is 415 g/mol. The monoisotopic (exact) mass is 415 g/mol. The molecule has 156 valence electrons. The van der Waals surface area contributed by atoms with E-state index >= 15 is 0 Å². The van der Waals surface area contributed by atoms with Gasteiger partial charge in [-0.3, -0.25) is 4.98 Å². The van der Waals surface area contributed by atoms with Crippen LogP contribution in [0.25, 0.3) is 10.8 Å². The topological polar surface area (TPSA) is 63.2 Å². The van der Waals surface area contributed by atoms with Crippen molar-refractivity contribution in [3.05, 3.63) is 66.0 Å². The predicted octanol–water partition coefficient (Wildman–Crippen LogP) is 5.68. The van der Waals surface area contributed by atoms with E-state index < -0.39 is 29.4 Å². The summed E-state index contributed by atoms with van der Waals surface area (Å²) in [6.07, 6.45) is -0.910. The number of hydrogen-bond donors (Lipinski definition) is 2. The molecule has 1 atom stereocenters. The lowest BCUT2D eigenvalue weighted by Gasteiger charge is -2.39. The molecule has 2 amide bonds. The molecular formula is C22H20F3N3O2. The number of ether oxygens (including phenoxy) is 1. The summed E-state index contributed by atoms with van der Waals surface area (Å²) in [5, 5.41) is 7.28. The second-order valence-electron chi connectivity index (χ2n) is 7.84. The molecule has 0 unspecified atom stereocenters. The van der Waals surface area contributed by atoms with Gasteiger partial charge in [-0.25, -0.2) is 4.79 Å². The van der Waals surface area contributed by atoms with Gasteiger partial charge in [-0.15, -0.1) is 0 Å². The van der Waals surface area contributed by atoms with Crippen LogP contribution in [0.1, 0.15) is 37.4 Å². The number of carbonyl (C=O) groups excluding carboxylic acids is 1. The second kappa shape index (κ2) is 7.19. The third-order valence-corrected chi connectivity index (χ3v) is 5.03. The average Bonchev–Trinajstić information content (AvgIpc) is 2.66. The molecule has 30 heavy (non-hydrogen) atoms. The van der Waals surface area contributed by atoms with E-state index in [4.69, 9.17) is 4.74 Å². The molecule has 2 aromatic carbocycles. The number of nitrogens with one attached hydrogen (secondary N) is 2. The molecule has 0 bridgehead atoms. The van der Waals surface area contributed by atoms with E-state index in [0.717, 1.165) is 16.8 Å². The third-order valence-electron chi connectivity index (χ3n) is 5.03. The van der Waals surface area contributed by atoms with Gasteiger partial charge in [0.15, 0.2) is 0 Å². The molecule has 3 aromatic rings. The van der Waals surface area contributed by atoms with Crippen LogP contribution in [0, 0.1) is 0 Å². The van der Waals surface area contributed by atoms with Gasteiger partial charge >= 0.3 is 12.2 Å². The number of benzene rings is 2. The lowest BCUT2D eigenvalue weighted by molar-refractivity contribution is -0.140. The Morgan fingerprint density at radius 2 is 1.93 bits per heavy atom. The molecule has 2 heterocycles. The summed E-state index contributed by atoms with van der Waals surface area (Å²) in [6.45, 7) is 3.40. The maximum Gasteiger partial charge on any atom is 0.419 e. The zero-order valence-corrected chi connectivity index (χ0v) is 16.4. The smallest absolute Gasteiger partial charge is 0.419 e. The predicted molar refractivity (Wildman–Crippen MR) is 107 cm³/mol. The number of nitrogens with zero attached hydrogens (tertiary/aromatic N) is 1. The van der Waals surface area contributed by atoms with Crippen LogP contribution in [0.15, 0.2) is 54.9 Å². The SMILES string of the molecule is CC1(C)C[C@@H](NC(=O)Nc2cccc3cnccc23)c2cccc(C(F)(F)F)c2O1. The fourth-order valence-corrected chi connectivity index (χ4v) is 3.76. The van der Waals surface area contributed by atoms with Crippen molar-refractivity contribution in [2.45, 2.75) is 38.1 Å². The maximum atomic E-state index is 13.5. The molecule has 0 fully saturated rings. The fourth-order valence-electron chi connectivity index (χ4n) is 3.76. The highest BCUT2D eigenvalue weighted by Crippen LogP contribution is 2.46. The van der Waals surface area contributed by atoms with Crippen LogP contribution in [0.5, 0.6) is 5.75 Å². The second-order valence-corrected chi connectivity index (χ2v) is 7.84. The van der Waals surface area contributed by atoms with Crippen LogP contribution >= 0.6 is 0 Å². The molecule has 1 aromatic heterocycles. The first-order valence-corrected chi connectivity index (χ1v) is 9.43. The van der Waals surface area contributed by atoms with E-state index in [0.29, 0.717) is 17.7 Å². The normalized spacial score (nSPS) is 17.7. The Morgan fingerprint density at radius 3 is 2.70 bits per heavy atom. The summed E-state index contributed by atoms with van der Waals surface area (Å²) in [4.78, 5) is 16.8. The third kappa shape index (κ3) is 3.90. The number of pyridine rings is 1. The number of anilines is 1. The zero-order valence-electron chi connectivity index (χ0n) is 16.4. The summed E-state index contributed by atoms with van der Waals surface area (Å²) >= 11 is 0. The van der Waals surface area contributed by atoms with Gasteiger partial charge in [0.1, 0.15) is 11.4 Å². The number of halogens is 3. The van der Waals surface area contributed by atoms with Gasteiger partial charge in [0.2, 0.25) is 0 Å². The maximum absolute atomic E-state index is 13.5. The largest absolute Gasteiger partial charge is 0.487 e. The van der Waals surface area contributed by atoms with E-state index in [9.17, 15) is 18.0 Å². The van der Waals surface area contributed by atoms with E-state index in [1.165, 1.54) is 6.07 Å². The number of hydrogen-bond acceptors (Lipinski definition) is 3. The quantitative estimate of drug-likeness (QED) is 0.566. The van der Waals surface area contributed by atoms with Crippen molar-refractivity contribution in [3.63, 3.8) is 0 Å². The van der Waals surface area contributed by atoms with Gasteiger partial charge in [0.05, 0.1) is 17.3 Å². The standard InChI is InChI=1S/C22H20F3N3O2/c1-21(2)11-18(15-6-4-7-16(19(15)30-21)22(23,24)25)28-20(29)27-17-8-3-5-13-12-26-10-9-14(13)17/h3-10,12,18H,11H2,1-2H3,(H2,27,28,29)/t18-/m1/s1. The van der Waals surface area contributed by atoms with Gasteiger partial charge in [0, 0.05) is 35.2 Å². The Kier molecular flexibility index (Phi) is 4.80. The molecule has 8 heteroatoms. The van der Waals surface area contributed by atoms with Gasteiger partial charge in [-0.1, -0.05) is 24.3 Å². The van der Waals surface area contributed by atoms with E-state index in [1.807, 2.05) is 6.07 Å². The van der Waals surface area contributed by atoms with Crippen molar-refractivity contribution < 1.29 is 22.7 Å². The number of urea groups is 1. The Labute approximate surface area is 171 Å². The first-order chi connectivity index (χ1) is 14.1. The summed E-state index contributed by atoms with van der Waals surface area (Å²) in [5.41, 5.74) is -0.830. The molecule has 5 nitrogen and oxygen atoms in total. The summed E-state index contributed by atoms with van der Waals surface area (Å²) in [7, 11) is 0. The van der Waals surface area contributed by atoms with Crippen LogP contribution in [0.4, 0.5) is 23.7 Å². The number of rotatable bonds is 2. The fraction of sp³-hybridized carbons (Fsp3) is 0.273. The van der Waals surface area contributed by atoms with Crippen LogP contribution in [-0.2, 0) is 6.18 Å². The molecular weight excluding hydrogens is 395 g/mol. The molecule has 0 radical (unpaired) electrons. The number of para-hydroxylation sites is 1. The minimum absolute atomic E-state index is 0.234. The number of fused-ring (bicyclic) bond motifs is 2. The van der Waals surface area contributed by atoms with Crippen LogP contribution in [-0.4, -0.2) is 16.6 Å². The Bertz CT molecular complexity index is 1110. The van der Waals surface area contributed by atoms with Crippen molar-refractivity contribution in [2.75, 3.05) is 5.32 Å². The highest BCUT2D eigenvalue weighted by Gasteiger charge is 2.42. The lowest BCUT2D eigenvalue weighted by atomic mass is 9.88. The first kappa shape index (κ1) is 20.0. The number of carbonyl (C=O) groups is 1. The molecule has 1 aliphatic heterocycles. The summed E-state index contributed by atoms with van der Waals surface area (Å²) in [6, 6.07) is 9.93. The van der Waals surface area contributed by atoms with Gasteiger partial charge in [-0.2, -0.15) is 13.2 Å². The number of alkyl halides is 3. The van der Waals surface area contributed by atoms with Crippen LogP contribution in [0.3, 0.4) is 0 Å². The zero-order chi connectivity index (χ0) is 21.5. The van der Waals surface area contributed by atoms with Crippen LogP contribution < -0.4 is 15.4 Å². The van der Waals surface area contributed by atoms with Gasteiger partial charge in [-0.05, 0) is 32.0 Å². The van der Waals surface area contributed by atoms with Gasteiger partial charge < -0.3 is 15.4 Å². The molecule has 0 saturated heterocycles. The molecule has 2 N–H and O–H groups in total. The highest BCUT2D eigenvalue weighted by atomic mass is 19.4. The van der Waals surface area contributed by atoms with Gasteiger partial charge in [0.25, 0.3) is 0 Å². The Balaban J connectivity index is 1.63. The van der Waals surface area contributed by atoms with Crippen molar-refractivity contribution >= 4 is 22.5 Å². The minimum atomic E-state index is -4.55. The van der Waals surface area contributed by atoms with E-state index in [-0.39, 0.29) is 5.75 Å². The Morgan fingerprint density at radius 1 is 1.17 bits per heavy atom. The van der Waals surface area contributed by atoms with Crippen molar-refractivity contribution in [1.29, 1.82) is 0 Å². The Hall–Kier alpha value is -3.29. The van der Waals surface area contributed by atoms with Crippen molar-refractivity contribution in [3.8, 4) is 5.75 Å². The van der Waals surface area contributed by atoms with Crippen molar-refractivity contribution in [2.24, 2.45) is 0 Å². The first-order valence-electron chi connectivity index (χ1n) is 9.43.